The Kier molecular flexibility index (Phi) is 4.71. The van der Waals surface area contributed by atoms with E-state index in [0.29, 0.717) is 18.4 Å². The fourth-order valence-corrected chi connectivity index (χ4v) is 3.41. The Morgan fingerprint density at radius 1 is 1.38 bits per heavy atom. The van der Waals surface area contributed by atoms with E-state index in [9.17, 15) is 14.7 Å². The number of aliphatic carboxylic acids is 1. The molecular weight excluding hydrogens is 334 g/mol. The van der Waals surface area contributed by atoms with Gasteiger partial charge in [-0.2, -0.15) is 0 Å². The second-order valence-corrected chi connectivity index (χ2v) is 6.88. The van der Waals surface area contributed by atoms with Gasteiger partial charge in [0.1, 0.15) is 0 Å². The van der Waals surface area contributed by atoms with E-state index in [1.165, 1.54) is 0 Å². The van der Waals surface area contributed by atoms with Gasteiger partial charge < -0.3 is 10.4 Å². The molecule has 1 aliphatic rings. The molecule has 2 unspecified atom stereocenters. The maximum Gasteiger partial charge on any atom is 0.308 e. The molecule has 4 nitrogen and oxygen atoms in total. The van der Waals surface area contributed by atoms with E-state index in [0.717, 1.165) is 22.9 Å². The van der Waals surface area contributed by atoms with Crippen LogP contribution in [0.5, 0.6) is 0 Å². The van der Waals surface area contributed by atoms with Crippen LogP contribution in [0.4, 0.5) is 0 Å². The Morgan fingerprint density at radius 2 is 2.10 bits per heavy atom. The number of hydrogen-bond acceptors (Lipinski definition) is 2. The van der Waals surface area contributed by atoms with E-state index < -0.39 is 17.4 Å². The van der Waals surface area contributed by atoms with Gasteiger partial charge in [-0.25, -0.2) is 0 Å². The summed E-state index contributed by atoms with van der Waals surface area (Å²) in [5, 5.41) is 12.4. The number of carboxylic acid groups (broad SMARTS) is 1. The van der Waals surface area contributed by atoms with Gasteiger partial charge in [0.05, 0.1) is 11.5 Å². The Balaban J connectivity index is 2.24. The van der Waals surface area contributed by atoms with Crippen molar-refractivity contribution >= 4 is 27.8 Å². The molecule has 1 amide bonds. The highest BCUT2D eigenvalue weighted by Gasteiger charge is 2.42. The summed E-state index contributed by atoms with van der Waals surface area (Å²) in [6, 6.07) is 5.53. The number of carboxylic acids is 1. The van der Waals surface area contributed by atoms with Crippen molar-refractivity contribution < 1.29 is 14.7 Å². The standard InChI is InChI=1S/C16H20BrNO3/c1-10-6-7-11(17)9-12(10)14(19)18-16(2)8-4-3-5-13(16)15(20)21/h6-7,9,13H,3-5,8H2,1-2H3,(H,18,19)(H,20,21). The first-order valence-electron chi connectivity index (χ1n) is 7.15. The van der Waals surface area contributed by atoms with Gasteiger partial charge in [0.2, 0.25) is 0 Å². The highest BCUT2D eigenvalue weighted by Crippen LogP contribution is 2.34. The van der Waals surface area contributed by atoms with Crippen LogP contribution in [0, 0.1) is 12.8 Å². The lowest BCUT2D eigenvalue weighted by Gasteiger charge is -2.40. The Bertz CT molecular complexity index is 573. The molecule has 114 valence electrons. The number of halogens is 1. The first-order chi connectivity index (χ1) is 9.83. The van der Waals surface area contributed by atoms with E-state index in [2.05, 4.69) is 21.2 Å². The maximum absolute atomic E-state index is 12.5. The van der Waals surface area contributed by atoms with Crippen molar-refractivity contribution in [1.29, 1.82) is 0 Å². The predicted octanol–water partition coefficient (Wildman–Crippen LogP) is 3.52. The number of rotatable bonds is 3. The van der Waals surface area contributed by atoms with E-state index in [-0.39, 0.29) is 5.91 Å². The average Bonchev–Trinajstić information content (AvgIpc) is 2.41. The van der Waals surface area contributed by atoms with Crippen molar-refractivity contribution in [1.82, 2.24) is 5.32 Å². The second kappa shape index (κ2) is 6.18. The molecule has 1 fully saturated rings. The predicted molar refractivity (Wildman–Crippen MR) is 84.3 cm³/mol. The molecule has 2 rings (SSSR count). The molecule has 2 N–H and O–H groups in total. The number of carbonyl (C=O) groups excluding carboxylic acids is 1. The second-order valence-electron chi connectivity index (χ2n) is 5.97. The molecule has 1 aromatic rings. The van der Waals surface area contributed by atoms with Crippen molar-refractivity contribution in [3.63, 3.8) is 0 Å². The largest absolute Gasteiger partial charge is 0.481 e. The van der Waals surface area contributed by atoms with Gasteiger partial charge in [0.15, 0.2) is 0 Å². The topological polar surface area (TPSA) is 66.4 Å². The summed E-state index contributed by atoms with van der Waals surface area (Å²) in [5.41, 5.74) is 0.776. The zero-order valence-electron chi connectivity index (χ0n) is 12.3. The van der Waals surface area contributed by atoms with Crippen LogP contribution in [-0.4, -0.2) is 22.5 Å². The van der Waals surface area contributed by atoms with Gasteiger partial charge in [-0.1, -0.05) is 34.8 Å². The first kappa shape index (κ1) is 16.0. The molecular formula is C16H20BrNO3. The molecule has 0 radical (unpaired) electrons. The molecule has 1 aliphatic carbocycles. The summed E-state index contributed by atoms with van der Waals surface area (Å²) < 4.78 is 0.835. The SMILES string of the molecule is Cc1ccc(Br)cc1C(=O)NC1(C)CCCCC1C(=O)O. The van der Waals surface area contributed by atoms with Crippen molar-refractivity contribution in [2.45, 2.75) is 45.1 Å². The van der Waals surface area contributed by atoms with E-state index >= 15 is 0 Å². The molecule has 0 spiro atoms. The molecule has 0 heterocycles. The number of benzene rings is 1. The fourth-order valence-electron chi connectivity index (χ4n) is 3.04. The van der Waals surface area contributed by atoms with Crippen molar-refractivity contribution in [3.8, 4) is 0 Å². The summed E-state index contributed by atoms with van der Waals surface area (Å²) in [6.45, 7) is 3.72. The molecule has 0 bridgehead atoms. The van der Waals surface area contributed by atoms with Gasteiger partial charge in [0.25, 0.3) is 5.91 Å². The molecule has 21 heavy (non-hydrogen) atoms. The van der Waals surface area contributed by atoms with Crippen LogP contribution >= 0.6 is 15.9 Å². The van der Waals surface area contributed by atoms with E-state index in [1.54, 1.807) is 6.07 Å². The minimum absolute atomic E-state index is 0.204. The molecule has 5 heteroatoms. The minimum Gasteiger partial charge on any atom is -0.481 e. The van der Waals surface area contributed by atoms with Crippen molar-refractivity contribution in [3.05, 3.63) is 33.8 Å². The Hall–Kier alpha value is -1.36. The minimum atomic E-state index is -0.830. The summed E-state index contributed by atoms with van der Waals surface area (Å²) in [4.78, 5) is 24.0. The third kappa shape index (κ3) is 3.46. The van der Waals surface area contributed by atoms with Crippen LogP contribution in [0.25, 0.3) is 0 Å². The molecule has 0 saturated heterocycles. The van der Waals surface area contributed by atoms with Gasteiger partial charge in [0, 0.05) is 10.0 Å². The average molecular weight is 354 g/mol. The van der Waals surface area contributed by atoms with Crippen molar-refractivity contribution in [2.24, 2.45) is 5.92 Å². The first-order valence-corrected chi connectivity index (χ1v) is 7.94. The molecule has 0 aromatic heterocycles. The van der Waals surface area contributed by atoms with Gasteiger partial charge in [-0.05, 0) is 44.4 Å². The van der Waals surface area contributed by atoms with Crippen LogP contribution in [0.3, 0.4) is 0 Å². The number of carbonyl (C=O) groups is 2. The Morgan fingerprint density at radius 3 is 2.76 bits per heavy atom. The Labute approximate surface area is 133 Å². The highest BCUT2D eigenvalue weighted by molar-refractivity contribution is 9.10. The molecule has 0 aliphatic heterocycles. The smallest absolute Gasteiger partial charge is 0.308 e. The normalized spacial score (nSPS) is 25.4. The van der Waals surface area contributed by atoms with E-state index in [1.807, 2.05) is 26.0 Å². The number of hydrogen-bond donors (Lipinski definition) is 2. The van der Waals surface area contributed by atoms with Gasteiger partial charge in [-0.15, -0.1) is 0 Å². The zero-order chi connectivity index (χ0) is 15.6. The van der Waals surface area contributed by atoms with Gasteiger partial charge >= 0.3 is 5.97 Å². The zero-order valence-corrected chi connectivity index (χ0v) is 13.9. The summed E-state index contributed by atoms with van der Waals surface area (Å²) >= 11 is 3.36. The van der Waals surface area contributed by atoms with Crippen molar-refractivity contribution in [2.75, 3.05) is 0 Å². The maximum atomic E-state index is 12.5. The summed E-state index contributed by atoms with van der Waals surface area (Å²) in [6.07, 6.45) is 3.16. The monoisotopic (exact) mass is 353 g/mol. The van der Waals surface area contributed by atoms with E-state index in [4.69, 9.17) is 0 Å². The summed E-state index contributed by atoms with van der Waals surface area (Å²) in [5.74, 6) is -1.56. The fraction of sp³-hybridized carbons (Fsp3) is 0.500. The lowest BCUT2D eigenvalue weighted by atomic mass is 9.73. The molecule has 1 aromatic carbocycles. The molecule has 1 saturated carbocycles. The van der Waals surface area contributed by atoms with Gasteiger partial charge in [-0.3, -0.25) is 9.59 Å². The quantitative estimate of drug-likeness (QED) is 0.873. The van der Waals surface area contributed by atoms with Crippen LogP contribution in [0.2, 0.25) is 0 Å². The highest BCUT2D eigenvalue weighted by atomic mass is 79.9. The van der Waals surface area contributed by atoms with Crippen LogP contribution in [-0.2, 0) is 4.79 Å². The molecule has 2 atom stereocenters. The number of amides is 1. The summed E-state index contributed by atoms with van der Waals surface area (Å²) in [7, 11) is 0. The number of aryl methyl sites for hydroxylation is 1. The lowest BCUT2D eigenvalue weighted by molar-refractivity contribution is -0.145. The lowest BCUT2D eigenvalue weighted by Crippen LogP contribution is -2.55. The third-order valence-electron chi connectivity index (χ3n) is 4.35. The van der Waals surface area contributed by atoms with Crippen LogP contribution in [0.1, 0.15) is 48.5 Å². The third-order valence-corrected chi connectivity index (χ3v) is 4.84. The van der Waals surface area contributed by atoms with Crippen LogP contribution < -0.4 is 5.32 Å². The van der Waals surface area contributed by atoms with Crippen LogP contribution in [0.15, 0.2) is 22.7 Å². The number of nitrogens with one attached hydrogen (secondary N) is 1.